The van der Waals surface area contributed by atoms with E-state index in [1.165, 1.54) is 22.5 Å². The fourth-order valence-electron chi connectivity index (χ4n) is 2.68. The molecule has 1 saturated heterocycles. The molecule has 13 heteroatoms. The predicted octanol–water partition coefficient (Wildman–Crippen LogP) is 1.87. The van der Waals surface area contributed by atoms with Gasteiger partial charge in [-0.3, -0.25) is 10.7 Å². The molecule has 0 aliphatic carbocycles. The van der Waals surface area contributed by atoms with Crippen LogP contribution in [0.25, 0.3) is 0 Å². The molecule has 0 saturated carbocycles. The minimum atomic E-state index is -3.12. The molecule has 152 valence electrons. The van der Waals surface area contributed by atoms with Gasteiger partial charge < -0.3 is 5.32 Å². The van der Waals surface area contributed by atoms with E-state index in [0.29, 0.717) is 38.2 Å². The van der Waals surface area contributed by atoms with Crippen LogP contribution in [0.4, 0.5) is 15.9 Å². The van der Waals surface area contributed by atoms with Gasteiger partial charge in [-0.05, 0) is 57.3 Å². The monoisotopic (exact) mass is 476 g/mol. The molecule has 1 aromatic heterocycles. The zero-order valence-corrected chi connectivity index (χ0v) is 17.0. The van der Waals surface area contributed by atoms with E-state index in [1.54, 1.807) is 0 Å². The predicted molar refractivity (Wildman–Crippen MR) is 103 cm³/mol. The van der Waals surface area contributed by atoms with E-state index in [1.807, 2.05) is 5.48 Å². The Kier molecular flexibility index (Phi) is 6.59. The molecule has 2 aromatic rings. The molecular weight excluding hydrogens is 459 g/mol. The average molecular weight is 477 g/mol. The standard InChI is InChI=1S/C15H18BrFN6O4S/c16-11-9-10(3-4-12(11)17)19-15(20-24)13-14(22-27-21-13)18-5-1-6-23-7-2-8-28(23,25)26/h3-4,9,24H,1-2,5-8H2,(H,18,22)(H,19,20). The third-order valence-electron chi connectivity index (χ3n) is 4.04. The highest BCUT2D eigenvalue weighted by Gasteiger charge is 2.27. The smallest absolute Gasteiger partial charge is 0.214 e. The number of hydrogen-bond donors (Lipinski definition) is 3. The van der Waals surface area contributed by atoms with E-state index in [0.717, 1.165) is 0 Å². The number of rotatable bonds is 7. The van der Waals surface area contributed by atoms with Crippen LogP contribution in [-0.4, -0.2) is 59.5 Å². The number of nitrogens with zero attached hydrogens (tertiary/aromatic N) is 4. The molecule has 1 aliphatic rings. The summed E-state index contributed by atoms with van der Waals surface area (Å²) < 4.78 is 43.3. The molecule has 0 atom stereocenters. The van der Waals surface area contributed by atoms with Crippen LogP contribution in [0.2, 0.25) is 0 Å². The second-order valence-corrected chi connectivity index (χ2v) is 8.92. The van der Waals surface area contributed by atoms with Gasteiger partial charge in [-0.1, -0.05) is 0 Å². The van der Waals surface area contributed by atoms with Crippen LogP contribution < -0.4 is 10.8 Å². The topological polar surface area (TPSA) is 133 Å². The van der Waals surface area contributed by atoms with Gasteiger partial charge in [0.15, 0.2) is 11.5 Å². The molecule has 3 rings (SSSR count). The zero-order valence-electron chi connectivity index (χ0n) is 14.6. The average Bonchev–Trinajstić information content (AvgIpc) is 3.25. The normalized spacial score (nSPS) is 17.0. The quantitative estimate of drug-likeness (QED) is 0.238. The fraction of sp³-hybridized carbons (Fsp3) is 0.400. The summed E-state index contributed by atoms with van der Waals surface area (Å²) in [6.07, 6.45) is 1.20. The van der Waals surface area contributed by atoms with Gasteiger partial charge in [0.25, 0.3) is 0 Å². The van der Waals surface area contributed by atoms with E-state index in [4.69, 9.17) is 4.63 Å². The summed E-state index contributed by atoms with van der Waals surface area (Å²) >= 11 is 3.07. The molecule has 1 aromatic carbocycles. The maximum absolute atomic E-state index is 13.3. The second-order valence-electron chi connectivity index (χ2n) is 5.98. The van der Waals surface area contributed by atoms with Crippen LogP contribution in [0.15, 0.2) is 32.3 Å². The van der Waals surface area contributed by atoms with Crippen molar-refractivity contribution in [3.8, 4) is 0 Å². The minimum Gasteiger partial charge on any atom is -0.365 e. The Morgan fingerprint density at radius 3 is 2.93 bits per heavy atom. The number of hydrogen-bond acceptors (Lipinski definition) is 8. The van der Waals surface area contributed by atoms with E-state index in [-0.39, 0.29) is 27.6 Å². The van der Waals surface area contributed by atoms with Crippen molar-refractivity contribution in [2.24, 2.45) is 4.99 Å². The van der Waals surface area contributed by atoms with Crippen LogP contribution >= 0.6 is 15.9 Å². The molecule has 0 radical (unpaired) electrons. The van der Waals surface area contributed by atoms with Gasteiger partial charge in [0.2, 0.25) is 15.8 Å². The Hall–Kier alpha value is -2.09. The summed E-state index contributed by atoms with van der Waals surface area (Å²) in [6.45, 7) is 1.35. The molecule has 0 amide bonds. The summed E-state index contributed by atoms with van der Waals surface area (Å²) in [5.41, 5.74) is 2.41. The van der Waals surface area contributed by atoms with Crippen molar-refractivity contribution in [3.05, 3.63) is 34.2 Å². The van der Waals surface area contributed by atoms with Gasteiger partial charge in [-0.25, -0.2) is 26.7 Å². The summed E-state index contributed by atoms with van der Waals surface area (Å²) in [4.78, 5) is 4.16. The highest BCUT2D eigenvalue weighted by molar-refractivity contribution is 9.10. The number of halogens is 2. The van der Waals surface area contributed by atoms with Gasteiger partial charge in [-0.15, -0.1) is 0 Å². The molecule has 1 aliphatic heterocycles. The van der Waals surface area contributed by atoms with E-state index < -0.39 is 15.8 Å². The maximum Gasteiger partial charge on any atom is 0.214 e. The lowest BCUT2D eigenvalue weighted by atomic mass is 10.3. The van der Waals surface area contributed by atoms with Crippen molar-refractivity contribution >= 4 is 43.3 Å². The Bertz CT molecular complexity index is 967. The molecule has 2 heterocycles. The van der Waals surface area contributed by atoms with Crippen molar-refractivity contribution in [3.63, 3.8) is 0 Å². The highest BCUT2D eigenvalue weighted by atomic mass is 79.9. The number of hydroxylamine groups is 1. The molecule has 0 unspecified atom stereocenters. The molecule has 1 fully saturated rings. The number of aromatic nitrogens is 2. The Balaban J connectivity index is 1.64. The minimum absolute atomic E-state index is 0.0515. The molecule has 3 N–H and O–H groups in total. The summed E-state index contributed by atoms with van der Waals surface area (Å²) in [5.74, 6) is -0.0720. The lowest BCUT2D eigenvalue weighted by Gasteiger charge is -2.13. The third kappa shape index (κ3) is 4.84. The molecular formula is C15H18BrFN6O4S. The zero-order chi connectivity index (χ0) is 20.1. The number of amidine groups is 1. The van der Waals surface area contributed by atoms with Gasteiger partial charge in [-0.2, -0.15) is 0 Å². The summed E-state index contributed by atoms with van der Waals surface area (Å²) in [6, 6.07) is 4.09. The van der Waals surface area contributed by atoms with Crippen molar-refractivity contribution in [2.45, 2.75) is 12.8 Å². The number of aliphatic imine (C=N–C) groups is 1. The van der Waals surface area contributed by atoms with Crippen molar-refractivity contribution in [2.75, 3.05) is 30.7 Å². The summed E-state index contributed by atoms with van der Waals surface area (Å²) in [5, 5.41) is 19.8. The largest absolute Gasteiger partial charge is 0.365 e. The third-order valence-corrected chi connectivity index (χ3v) is 6.61. The first-order chi connectivity index (χ1) is 13.4. The first-order valence-corrected chi connectivity index (χ1v) is 10.8. The Morgan fingerprint density at radius 2 is 2.25 bits per heavy atom. The van der Waals surface area contributed by atoms with Crippen molar-refractivity contribution in [1.29, 1.82) is 0 Å². The van der Waals surface area contributed by atoms with Crippen molar-refractivity contribution in [1.82, 2.24) is 20.1 Å². The van der Waals surface area contributed by atoms with E-state index in [2.05, 4.69) is 36.6 Å². The molecule has 10 nitrogen and oxygen atoms in total. The van der Waals surface area contributed by atoms with Gasteiger partial charge in [0, 0.05) is 19.6 Å². The maximum atomic E-state index is 13.3. The van der Waals surface area contributed by atoms with Gasteiger partial charge in [0.1, 0.15) is 5.82 Å². The van der Waals surface area contributed by atoms with Crippen molar-refractivity contribution < 1.29 is 22.6 Å². The Labute approximate surface area is 168 Å². The van der Waals surface area contributed by atoms with Crippen LogP contribution in [0.1, 0.15) is 18.5 Å². The van der Waals surface area contributed by atoms with Gasteiger partial charge in [0.05, 0.1) is 15.9 Å². The number of sulfonamides is 1. The highest BCUT2D eigenvalue weighted by Crippen LogP contribution is 2.23. The first kappa shape index (κ1) is 20.6. The number of anilines is 1. The van der Waals surface area contributed by atoms with Crippen LogP contribution in [0, 0.1) is 5.82 Å². The number of nitrogens with one attached hydrogen (secondary N) is 2. The number of benzene rings is 1. The van der Waals surface area contributed by atoms with E-state index >= 15 is 0 Å². The molecule has 28 heavy (non-hydrogen) atoms. The van der Waals surface area contributed by atoms with Crippen LogP contribution in [0.3, 0.4) is 0 Å². The second kappa shape index (κ2) is 8.94. The van der Waals surface area contributed by atoms with Crippen LogP contribution in [0.5, 0.6) is 0 Å². The molecule has 0 spiro atoms. The fourth-order valence-corrected chi connectivity index (χ4v) is 4.61. The van der Waals surface area contributed by atoms with Gasteiger partial charge >= 0.3 is 0 Å². The van der Waals surface area contributed by atoms with Crippen LogP contribution in [-0.2, 0) is 10.0 Å². The lowest BCUT2D eigenvalue weighted by molar-refractivity contribution is 0.234. The van der Waals surface area contributed by atoms with E-state index in [9.17, 15) is 18.0 Å². The molecule has 0 bridgehead atoms. The lowest BCUT2D eigenvalue weighted by Crippen LogP contribution is -2.28. The Morgan fingerprint density at radius 1 is 1.43 bits per heavy atom. The summed E-state index contributed by atoms with van der Waals surface area (Å²) in [7, 11) is -3.12. The first-order valence-electron chi connectivity index (χ1n) is 8.39. The SMILES string of the molecule is O=S1(=O)CCCN1CCCNc1nonc1C(=Nc1ccc(F)c(Br)c1)NO.